The number of hydrogen-bond acceptors (Lipinski definition) is 7. The van der Waals surface area contributed by atoms with Crippen molar-refractivity contribution in [3.8, 4) is 5.75 Å². The van der Waals surface area contributed by atoms with E-state index in [-0.39, 0.29) is 11.5 Å². The number of unbranched alkanes of at least 4 members (excludes halogenated alkanes) is 1. The Morgan fingerprint density at radius 3 is 2.56 bits per heavy atom. The molecule has 2 rings (SSSR count). The van der Waals surface area contributed by atoms with Crippen molar-refractivity contribution in [2.45, 2.75) is 19.8 Å². The quantitative estimate of drug-likeness (QED) is 0.387. The molecule has 0 bridgehead atoms. The van der Waals surface area contributed by atoms with Gasteiger partial charge in [-0.2, -0.15) is 0 Å². The second-order valence-electron chi connectivity index (χ2n) is 5.59. The SMILES string of the molecule is CCCCOC(=O)CN1C(=O)S/C(=C\c2ccc(OCC(=O)O)cc2)C1=O. The number of hydrogen-bond donors (Lipinski definition) is 1. The van der Waals surface area contributed by atoms with Crippen molar-refractivity contribution < 1.29 is 33.8 Å². The molecule has 0 saturated carbocycles. The number of nitrogens with zero attached hydrogens (tertiary/aromatic N) is 1. The molecule has 1 aromatic carbocycles. The first-order valence-electron chi connectivity index (χ1n) is 8.26. The number of carboxylic acids is 1. The van der Waals surface area contributed by atoms with Crippen molar-refractivity contribution in [3.05, 3.63) is 34.7 Å². The molecule has 0 aliphatic carbocycles. The fourth-order valence-electron chi connectivity index (χ4n) is 2.10. The molecule has 27 heavy (non-hydrogen) atoms. The Kier molecular flexibility index (Phi) is 7.42. The van der Waals surface area contributed by atoms with Crippen molar-refractivity contribution in [2.24, 2.45) is 0 Å². The normalized spacial score (nSPS) is 15.3. The molecule has 9 heteroatoms. The summed E-state index contributed by atoms with van der Waals surface area (Å²) in [5.41, 5.74) is 0.633. The molecule has 1 N–H and O–H groups in total. The van der Waals surface area contributed by atoms with Gasteiger partial charge in [0.2, 0.25) is 0 Å². The Bertz CT molecular complexity index is 757. The molecule has 1 aliphatic heterocycles. The standard InChI is InChI=1S/C18H19NO7S/c1-2-3-8-25-16(22)10-19-17(23)14(27-18(19)24)9-12-4-6-13(7-5-12)26-11-15(20)21/h4-7,9H,2-3,8,10-11H2,1H3,(H,20,21)/b14-9-. The number of aliphatic carboxylic acids is 1. The first kappa shape index (κ1) is 20.5. The largest absolute Gasteiger partial charge is 0.482 e. The van der Waals surface area contributed by atoms with E-state index in [2.05, 4.69) is 0 Å². The van der Waals surface area contributed by atoms with Gasteiger partial charge in [-0.1, -0.05) is 25.5 Å². The summed E-state index contributed by atoms with van der Waals surface area (Å²) in [6.07, 6.45) is 3.12. The van der Waals surface area contributed by atoms with Crippen LogP contribution in [0.15, 0.2) is 29.2 Å². The zero-order valence-corrected chi connectivity index (χ0v) is 15.5. The molecule has 1 heterocycles. The third-order valence-corrected chi connectivity index (χ3v) is 4.37. The van der Waals surface area contributed by atoms with Crippen LogP contribution in [0.1, 0.15) is 25.3 Å². The highest BCUT2D eigenvalue weighted by molar-refractivity contribution is 8.18. The van der Waals surface area contributed by atoms with Gasteiger partial charge in [-0.25, -0.2) is 4.79 Å². The molecule has 1 saturated heterocycles. The highest BCUT2D eigenvalue weighted by Gasteiger charge is 2.36. The molecular weight excluding hydrogens is 374 g/mol. The van der Waals surface area contributed by atoms with Crippen LogP contribution in [0.4, 0.5) is 4.79 Å². The van der Waals surface area contributed by atoms with Gasteiger partial charge < -0.3 is 14.6 Å². The van der Waals surface area contributed by atoms with E-state index in [4.69, 9.17) is 14.6 Å². The summed E-state index contributed by atoms with van der Waals surface area (Å²) in [6, 6.07) is 6.38. The van der Waals surface area contributed by atoms with Crippen LogP contribution in [0.5, 0.6) is 5.75 Å². The summed E-state index contributed by atoms with van der Waals surface area (Å²) >= 11 is 0.747. The number of rotatable bonds is 9. The van der Waals surface area contributed by atoms with Gasteiger partial charge in [0.15, 0.2) is 6.61 Å². The molecule has 0 atom stereocenters. The maximum absolute atomic E-state index is 12.3. The van der Waals surface area contributed by atoms with Crippen molar-refractivity contribution in [1.29, 1.82) is 0 Å². The third-order valence-electron chi connectivity index (χ3n) is 3.46. The van der Waals surface area contributed by atoms with Crippen LogP contribution in [0.3, 0.4) is 0 Å². The summed E-state index contributed by atoms with van der Waals surface area (Å²) in [6.45, 7) is 1.36. The van der Waals surface area contributed by atoms with Gasteiger partial charge in [0, 0.05) is 0 Å². The molecular formula is C18H19NO7S. The highest BCUT2D eigenvalue weighted by atomic mass is 32.2. The van der Waals surface area contributed by atoms with Crippen molar-refractivity contribution >= 4 is 40.9 Å². The summed E-state index contributed by atoms with van der Waals surface area (Å²) in [4.78, 5) is 47.6. The average molecular weight is 393 g/mol. The molecule has 1 aliphatic rings. The maximum Gasteiger partial charge on any atom is 0.341 e. The van der Waals surface area contributed by atoms with Crippen LogP contribution in [0.2, 0.25) is 0 Å². The number of carbonyl (C=O) groups is 4. The summed E-state index contributed by atoms with van der Waals surface area (Å²) < 4.78 is 10.0. The smallest absolute Gasteiger partial charge is 0.341 e. The van der Waals surface area contributed by atoms with Gasteiger partial charge in [-0.15, -0.1) is 0 Å². The Hall–Kier alpha value is -2.81. The molecule has 8 nitrogen and oxygen atoms in total. The summed E-state index contributed by atoms with van der Waals surface area (Å²) in [7, 11) is 0. The number of esters is 1. The van der Waals surface area contributed by atoms with Crippen LogP contribution in [0, 0.1) is 0 Å². The molecule has 144 valence electrons. The first-order valence-corrected chi connectivity index (χ1v) is 9.08. The minimum atomic E-state index is -1.08. The van der Waals surface area contributed by atoms with Crippen LogP contribution in [-0.4, -0.2) is 52.8 Å². The highest BCUT2D eigenvalue weighted by Crippen LogP contribution is 2.32. The molecule has 2 amide bonds. The maximum atomic E-state index is 12.3. The van der Waals surface area contributed by atoms with Crippen molar-refractivity contribution in [1.82, 2.24) is 4.90 Å². The van der Waals surface area contributed by atoms with Crippen LogP contribution < -0.4 is 4.74 Å². The lowest BCUT2D eigenvalue weighted by molar-refractivity contribution is -0.146. The van der Waals surface area contributed by atoms with Gasteiger partial charge in [-0.05, 0) is 42.0 Å². The van der Waals surface area contributed by atoms with Crippen LogP contribution in [-0.2, 0) is 19.1 Å². The lowest BCUT2D eigenvalue weighted by Crippen LogP contribution is -2.34. The summed E-state index contributed by atoms with van der Waals surface area (Å²) in [5, 5.41) is 8.05. The number of thioether (sulfide) groups is 1. The minimum absolute atomic E-state index is 0.195. The molecule has 0 spiro atoms. The Morgan fingerprint density at radius 2 is 1.93 bits per heavy atom. The second kappa shape index (κ2) is 9.77. The summed E-state index contributed by atoms with van der Waals surface area (Å²) in [5.74, 6) is -1.88. The zero-order chi connectivity index (χ0) is 19.8. The Labute approximate surface area is 160 Å². The van der Waals surface area contributed by atoms with Crippen LogP contribution in [0.25, 0.3) is 6.08 Å². The monoisotopic (exact) mass is 393 g/mol. The van der Waals surface area contributed by atoms with Crippen molar-refractivity contribution in [3.63, 3.8) is 0 Å². The van der Waals surface area contributed by atoms with E-state index in [1.54, 1.807) is 24.3 Å². The van der Waals surface area contributed by atoms with Gasteiger partial charge in [0.1, 0.15) is 12.3 Å². The van der Waals surface area contributed by atoms with E-state index < -0.39 is 36.2 Å². The predicted molar refractivity (Wildman–Crippen MR) is 98.1 cm³/mol. The number of carbonyl (C=O) groups excluding carboxylic acids is 3. The lowest BCUT2D eigenvalue weighted by atomic mass is 10.2. The number of ether oxygens (including phenoxy) is 2. The van der Waals surface area contributed by atoms with E-state index in [9.17, 15) is 19.2 Å². The molecule has 1 fully saturated rings. The minimum Gasteiger partial charge on any atom is -0.482 e. The number of carboxylic acid groups (broad SMARTS) is 1. The van der Waals surface area contributed by atoms with E-state index in [1.807, 2.05) is 6.92 Å². The second-order valence-corrected chi connectivity index (χ2v) is 6.59. The van der Waals surface area contributed by atoms with Gasteiger partial charge in [0.25, 0.3) is 11.1 Å². The van der Waals surface area contributed by atoms with E-state index >= 15 is 0 Å². The fourth-order valence-corrected chi connectivity index (χ4v) is 2.94. The average Bonchev–Trinajstić information content (AvgIpc) is 2.89. The van der Waals surface area contributed by atoms with Crippen molar-refractivity contribution in [2.75, 3.05) is 19.8 Å². The lowest BCUT2D eigenvalue weighted by Gasteiger charge is -2.11. The van der Waals surface area contributed by atoms with Crippen LogP contribution >= 0.6 is 11.8 Å². The number of benzene rings is 1. The fraction of sp³-hybridized carbons (Fsp3) is 0.333. The van der Waals surface area contributed by atoms with Gasteiger partial charge in [-0.3, -0.25) is 19.3 Å². The Morgan fingerprint density at radius 1 is 1.22 bits per heavy atom. The number of amides is 2. The molecule has 1 aromatic rings. The topological polar surface area (TPSA) is 110 Å². The third kappa shape index (κ3) is 6.14. The number of imide groups is 1. The molecule has 0 aromatic heterocycles. The zero-order valence-electron chi connectivity index (χ0n) is 14.7. The predicted octanol–water partition coefficient (Wildman–Crippen LogP) is 2.53. The van der Waals surface area contributed by atoms with E-state index in [0.717, 1.165) is 29.5 Å². The molecule has 0 unspecified atom stereocenters. The Balaban J connectivity index is 1.98. The van der Waals surface area contributed by atoms with Gasteiger partial charge in [0.05, 0.1) is 11.5 Å². The first-order chi connectivity index (χ1) is 12.9. The van der Waals surface area contributed by atoms with Gasteiger partial charge >= 0.3 is 11.9 Å². The van der Waals surface area contributed by atoms with E-state index in [1.165, 1.54) is 6.08 Å². The van der Waals surface area contributed by atoms with E-state index in [0.29, 0.717) is 11.3 Å². The molecule has 0 radical (unpaired) electrons.